The standard InChI is InChI=1S/C16H18ClNO4/c1-9-6-11(19)7-10(2)14(9)15(20)12-4-5-13(16(17)18-12)22-8-21-3/h4-7,15,19-20H,8H2,1-3H3. The predicted octanol–water partition coefficient (Wildman–Crippen LogP) is 3.12. The van der Waals surface area contributed by atoms with Crippen LogP contribution in [0.25, 0.3) is 0 Å². The summed E-state index contributed by atoms with van der Waals surface area (Å²) in [5.41, 5.74) is 2.67. The summed E-state index contributed by atoms with van der Waals surface area (Å²) in [7, 11) is 1.51. The van der Waals surface area contributed by atoms with Gasteiger partial charge in [-0.2, -0.15) is 0 Å². The molecule has 0 aliphatic heterocycles. The van der Waals surface area contributed by atoms with Crippen molar-refractivity contribution < 1.29 is 19.7 Å². The fourth-order valence-electron chi connectivity index (χ4n) is 2.35. The molecule has 0 saturated carbocycles. The molecule has 1 aromatic carbocycles. The van der Waals surface area contributed by atoms with Gasteiger partial charge < -0.3 is 19.7 Å². The Hall–Kier alpha value is -1.82. The summed E-state index contributed by atoms with van der Waals surface area (Å²) >= 11 is 6.06. The first-order chi connectivity index (χ1) is 10.4. The third kappa shape index (κ3) is 3.50. The number of ether oxygens (including phenoxy) is 2. The zero-order valence-electron chi connectivity index (χ0n) is 12.6. The molecule has 2 aromatic rings. The van der Waals surface area contributed by atoms with Crippen LogP contribution in [0.15, 0.2) is 24.3 Å². The molecule has 0 amide bonds. The lowest BCUT2D eigenvalue weighted by molar-refractivity contribution is 0.0508. The van der Waals surface area contributed by atoms with Crippen molar-refractivity contribution in [1.29, 1.82) is 0 Å². The van der Waals surface area contributed by atoms with Gasteiger partial charge in [0.05, 0.1) is 5.69 Å². The van der Waals surface area contributed by atoms with Crippen molar-refractivity contribution in [2.24, 2.45) is 0 Å². The number of aryl methyl sites for hydroxylation is 2. The fourth-order valence-corrected chi connectivity index (χ4v) is 2.56. The van der Waals surface area contributed by atoms with E-state index in [4.69, 9.17) is 21.1 Å². The number of benzene rings is 1. The van der Waals surface area contributed by atoms with Gasteiger partial charge in [0.25, 0.3) is 0 Å². The third-order valence-corrected chi connectivity index (χ3v) is 3.57. The van der Waals surface area contributed by atoms with Crippen LogP contribution in [0.4, 0.5) is 0 Å². The predicted molar refractivity (Wildman–Crippen MR) is 83.4 cm³/mol. The molecule has 2 rings (SSSR count). The van der Waals surface area contributed by atoms with Gasteiger partial charge in [0.2, 0.25) is 0 Å². The highest BCUT2D eigenvalue weighted by Gasteiger charge is 2.19. The fraction of sp³-hybridized carbons (Fsp3) is 0.312. The number of pyridine rings is 1. The third-order valence-electron chi connectivity index (χ3n) is 3.30. The number of hydrogen-bond acceptors (Lipinski definition) is 5. The highest BCUT2D eigenvalue weighted by Crippen LogP contribution is 2.32. The number of halogens is 1. The van der Waals surface area contributed by atoms with Crippen molar-refractivity contribution in [3.63, 3.8) is 0 Å². The Kier molecular flexibility index (Phi) is 5.24. The molecule has 1 atom stereocenters. The van der Waals surface area contributed by atoms with E-state index in [1.54, 1.807) is 24.3 Å². The van der Waals surface area contributed by atoms with Crippen LogP contribution in [0, 0.1) is 13.8 Å². The monoisotopic (exact) mass is 323 g/mol. The number of nitrogens with zero attached hydrogens (tertiary/aromatic N) is 1. The zero-order chi connectivity index (χ0) is 16.3. The Morgan fingerprint density at radius 2 is 1.86 bits per heavy atom. The largest absolute Gasteiger partial charge is 0.508 e. The smallest absolute Gasteiger partial charge is 0.188 e. The van der Waals surface area contributed by atoms with Crippen molar-refractivity contribution in [3.8, 4) is 11.5 Å². The number of aromatic hydroxyl groups is 1. The second-order valence-electron chi connectivity index (χ2n) is 4.97. The molecule has 22 heavy (non-hydrogen) atoms. The Morgan fingerprint density at radius 1 is 1.23 bits per heavy atom. The molecule has 0 saturated heterocycles. The molecule has 0 aliphatic rings. The number of methoxy groups -OCH3 is 1. The SMILES string of the molecule is COCOc1ccc(C(O)c2c(C)cc(O)cc2C)nc1Cl. The molecule has 5 nitrogen and oxygen atoms in total. The maximum Gasteiger partial charge on any atom is 0.188 e. The van der Waals surface area contributed by atoms with Gasteiger partial charge in [-0.05, 0) is 54.8 Å². The van der Waals surface area contributed by atoms with Gasteiger partial charge in [0.1, 0.15) is 11.9 Å². The molecule has 1 heterocycles. The van der Waals surface area contributed by atoms with Gasteiger partial charge in [-0.1, -0.05) is 11.6 Å². The van der Waals surface area contributed by atoms with E-state index in [-0.39, 0.29) is 17.7 Å². The second kappa shape index (κ2) is 6.96. The minimum absolute atomic E-state index is 0.0689. The highest BCUT2D eigenvalue weighted by atomic mass is 35.5. The molecule has 0 spiro atoms. The first kappa shape index (κ1) is 16.5. The van der Waals surface area contributed by atoms with E-state index in [0.29, 0.717) is 17.0 Å². The molecule has 0 aliphatic carbocycles. The van der Waals surface area contributed by atoms with E-state index in [1.165, 1.54) is 7.11 Å². The molecule has 1 aromatic heterocycles. The first-order valence-electron chi connectivity index (χ1n) is 6.70. The van der Waals surface area contributed by atoms with Crippen molar-refractivity contribution in [2.75, 3.05) is 13.9 Å². The molecule has 1 unspecified atom stereocenters. The molecular weight excluding hydrogens is 306 g/mol. The molecule has 0 bridgehead atoms. The van der Waals surface area contributed by atoms with Crippen molar-refractivity contribution in [2.45, 2.75) is 20.0 Å². The van der Waals surface area contributed by atoms with Crippen LogP contribution in [-0.2, 0) is 4.74 Å². The maximum absolute atomic E-state index is 10.6. The van der Waals surface area contributed by atoms with E-state index >= 15 is 0 Å². The van der Waals surface area contributed by atoms with Crippen LogP contribution in [0.2, 0.25) is 5.15 Å². The van der Waals surface area contributed by atoms with Gasteiger partial charge in [-0.25, -0.2) is 4.98 Å². The lowest BCUT2D eigenvalue weighted by Gasteiger charge is -2.17. The topological polar surface area (TPSA) is 71.8 Å². The number of aromatic nitrogens is 1. The highest BCUT2D eigenvalue weighted by molar-refractivity contribution is 6.30. The number of phenols is 1. The summed E-state index contributed by atoms with van der Waals surface area (Å²) in [6.45, 7) is 3.71. The first-order valence-corrected chi connectivity index (χ1v) is 7.08. The second-order valence-corrected chi connectivity index (χ2v) is 5.33. The maximum atomic E-state index is 10.6. The van der Waals surface area contributed by atoms with Crippen molar-refractivity contribution in [1.82, 2.24) is 4.98 Å². The van der Waals surface area contributed by atoms with E-state index in [0.717, 1.165) is 11.1 Å². The molecule has 118 valence electrons. The average molecular weight is 324 g/mol. The number of aliphatic hydroxyl groups is 1. The van der Waals surface area contributed by atoms with Crippen LogP contribution >= 0.6 is 11.6 Å². The summed E-state index contributed by atoms with van der Waals surface area (Å²) in [6.07, 6.45) is -0.936. The van der Waals surface area contributed by atoms with Crippen LogP contribution in [0.5, 0.6) is 11.5 Å². The Morgan fingerprint density at radius 3 is 2.41 bits per heavy atom. The van der Waals surface area contributed by atoms with Crippen LogP contribution in [0.1, 0.15) is 28.5 Å². The normalized spacial score (nSPS) is 12.2. The number of hydrogen-bond donors (Lipinski definition) is 2. The number of phenolic OH excluding ortho intramolecular Hbond substituents is 1. The summed E-state index contributed by atoms with van der Waals surface area (Å²) in [5, 5.41) is 20.3. The van der Waals surface area contributed by atoms with Gasteiger partial charge in [-0.3, -0.25) is 0 Å². The van der Waals surface area contributed by atoms with E-state index in [2.05, 4.69) is 4.98 Å². The number of rotatable bonds is 5. The molecule has 2 N–H and O–H groups in total. The minimum Gasteiger partial charge on any atom is -0.508 e. The van der Waals surface area contributed by atoms with Gasteiger partial charge >= 0.3 is 0 Å². The lowest BCUT2D eigenvalue weighted by Crippen LogP contribution is -2.08. The molecule has 0 fully saturated rings. The van der Waals surface area contributed by atoms with Crippen molar-refractivity contribution in [3.05, 3.63) is 51.8 Å². The van der Waals surface area contributed by atoms with E-state index < -0.39 is 6.10 Å². The van der Waals surface area contributed by atoms with Crippen LogP contribution < -0.4 is 4.74 Å². The zero-order valence-corrected chi connectivity index (χ0v) is 13.4. The van der Waals surface area contributed by atoms with E-state index in [9.17, 15) is 10.2 Å². The molecular formula is C16H18ClNO4. The summed E-state index contributed by atoms with van der Waals surface area (Å²) in [5.74, 6) is 0.555. The van der Waals surface area contributed by atoms with E-state index in [1.807, 2.05) is 13.8 Å². The van der Waals surface area contributed by atoms with Crippen LogP contribution in [0.3, 0.4) is 0 Å². The van der Waals surface area contributed by atoms with Gasteiger partial charge in [0, 0.05) is 7.11 Å². The Labute approximate surface area is 134 Å². The Balaban J connectivity index is 2.34. The lowest BCUT2D eigenvalue weighted by atomic mass is 9.95. The van der Waals surface area contributed by atoms with Crippen molar-refractivity contribution >= 4 is 11.6 Å². The Bertz CT molecular complexity index is 652. The van der Waals surface area contributed by atoms with Gasteiger partial charge in [0.15, 0.2) is 17.7 Å². The number of aliphatic hydroxyl groups excluding tert-OH is 1. The van der Waals surface area contributed by atoms with Gasteiger partial charge in [-0.15, -0.1) is 0 Å². The summed E-state index contributed by atoms with van der Waals surface area (Å²) < 4.78 is 10.1. The molecule has 0 radical (unpaired) electrons. The molecule has 6 heteroatoms. The average Bonchev–Trinajstić information content (AvgIpc) is 2.44. The quantitative estimate of drug-likeness (QED) is 0.653. The summed E-state index contributed by atoms with van der Waals surface area (Å²) in [4.78, 5) is 4.18. The summed E-state index contributed by atoms with van der Waals surface area (Å²) in [6, 6.07) is 6.48. The van der Waals surface area contributed by atoms with Crippen LogP contribution in [-0.4, -0.2) is 29.1 Å². The minimum atomic E-state index is -0.936.